The number of fused-ring (bicyclic) bond motifs is 1. The lowest BCUT2D eigenvalue weighted by atomic mass is 9.96. The Morgan fingerprint density at radius 3 is 2.64 bits per heavy atom. The molecule has 3 saturated heterocycles. The summed E-state index contributed by atoms with van der Waals surface area (Å²) in [7, 11) is 2.09. The maximum absolute atomic E-state index is 15.3. The van der Waals surface area contributed by atoms with Gasteiger partial charge in [0, 0.05) is 55.1 Å². The van der Waals surface area contributed by atoms with Crippen LogP contribution < -0.4 is 10.2 Å². The Morgan fingerprint density at radius 2 is 1.98 bits per heavy atom. The largest absolute Gasteiger partial charge is 0.367 e. The number of amides is 2. The van der Waals surface area contributed by atoms with Crippen molar-refractivity contribution < 1.29 is 23.5 Å². The van der Waals surface area contributed by atoms with Crippen LogP contribution in [0.5, 0.6) is 0 Å². The summed E-state index contributed by atoms with van der Waals surface area (Å²) in [6, 6.07) is 2.80. The molecule has 0 saturated carbocycles. The smallest absolute Gasteiger partial charge is 0.252 e. The predicted octanol–water partition coefficient (Wildman–Crippen LogP) is 3.61. The Kier molecular flexibility index (Phi) is 9.10. The number of hydrogen-bond acceptors (Lipinski definition) is 8. The first kappa shape index (κ1) is 30.3. The number of likely N-dealkylation sites (N-methyl/N-ethyl adjacent to an activating group) is 1. The molecule has 226 valence electrons. The first-order valence-electron chi connectivity index (χ1n) is 14.7. The fourth-order valence-corrected chi connectivity index (χ4v) is 6.86. The standard InChI is InChI=1S/C31H40FN5O4S/c1-6-19(4)26(30(40)37-15-21(13-18(2)3)28-27(37)25(38)16-41-28)34-29(39)20-7-8-22(23(32)14-20)24-17-42-31(33-24)36-11-9-35(5)10-12-36/h7-8,13-14,17,19,21,26-28H,6,9-12,15-16H2,1-5H3,(H,34,39). The SMILES string of the molecule is CCC(C)C(NC(=O)c1ccc(-c2csc(N3CCN(C)CC3)n2)c(F)c1)C(=O)N1CC(C=C(C)C)C2OCC(=O)C21. The molecule has 3 aliphatic heterocycles. The summed E-state index contributed by atoms with van der Waals surface area (Å²) in [6.45, 7) is 11.8. The Hall–Kier alpha value is -3.15. The summed E-state index contributed by atoms with van der Waals surface area (Å²) in [5.74, 6) is -1.82. The molecule has 4 heterocycles. The van der Waals surface area contributed by atoms with Gasteiger partial charge in [-0.3, -0.25) is 14.4 Å². The zero-order chi connectivity index (χ0) is 30.1. The molecule has 5 unspecified atom stereocenters. The number of likely N-dealkylation sites (tertiary alicyclic amines) is 1. The van der Waals surface area contributed by atoms with Gasteiger partial charge in [-0.1, -0.05) is 31.9 Å². The van der Waals surface area contributed by atoms with Crippen molar-refractivity contribution >= 4 is 34.1 Å². The topological polar surface area (TPSA) is 95.1 Å². The number of aromatic nitrogens is 1. The molecule has 5 atom stereocenters. The average Bonchev–Trinajstić information content (AvgIpc) is 3.69. The van der Waals surface area contributed by atoms with Gasteiger partial charge in [-0.15, -0.1) is 11.3 Å². The van der Waals surface area contributed by atoms with E-state index in [4.69, 9.17) is 4.74 Å². The predicted molar refractivity (Wildman–Crippen MR) is 161 cm³/mol. The van der Waals surface area contributed by atoms with E-state index >= 15 is 4.39 Å². The van der Waals surface area contributed by atoms with Crippen LogP contribution in [0.3, 0.4) is 0 Å². The summed E-state index contributed by atoms with van der Waals surface area (Å²) >= 11 is 1.48. The number of ketones is 1. The minimum Gasteiger partial charge on any atom is -0.367 e. The Labute approximate surface area is 250 Å². The highest BCUT2D eigenvalue weighted by atomic mass is 32.1. The van der Waals surface area contributed by atoms with Gasteiger partial charge in [-0.2, -0.15) is 0 Å². The third-order valence-electron chi connectivity index (χ3n) is 8.59. The van der Waals surface area contributed by atoms with Crippen LogP contribution in [-0.4, -0.2) is 96.9 Å². The summed E-state index contributed by atoms with van der Waals surface area (Å²) in [5, 5.41) is 5.55. The van der Waals surface area contributed by atoms with Gasteiger partial charge in [0.25, 0.3) is 5.91 Å². The number of nitrogens with one attached hydrogen (secondary N) is 1. The summed E-state index contributed by atoms with van der Waals surface area (Å²) < 4.78 is 21.1. The van der Waals surface area contributed by atoms with Crippen molar-refractivity contribution in [2.75, 3.05) is 51.3 Å². The fraction of sp³-hybridized carbons (Fsp3) is 0.548. The Morgan fingerprint density at radius 1 is 1.24 bits per heavy atom. The number of benzene rings is 1. The minimum absolute atomic E-state index is 0.0198. The van der Waals surface area contributed by atoms with Gasteiger partial charge in [-0.05, 0) is 45.0 Å². The van der Waals surface area contributed by atoms with Crippen molar-refractivity contribution in [1.82, 2.24) is 20.1 Å². The quantitative estimate of drug-likeness (QED) is 0.465. The third kappa shape index (κ3) is 6.14. The molecule has 9 nitrogen and oxygen atoms in total. The van der Waals surface area contributed by atoms with Crippen molar-refractivity contribution in [3.05, 3.63) is 46.6 Å². The molecule has 3 aliphatic rings. The number of carbonyl (C=O) groups is 3. The number of nitrogens with zero attached hydrogens (tertiary/aromatic N) is 4. The van der Waals surface area contributed by atoms with Gasteiger partial charge < -0.3 is 24.8 Å². The molecule has 42 heavy (non-hydrogen) atoms. The number of rotatable bonds is 8. The lowest BCUT2D eigenvalue weighted by Crippen LogP contribution is -2.54. The molecule has 0 spiro atoms. The summed E-state index contributed by atoms with van der Waals surface area (Å²) in [4.78, 5) is 50.7. The van der Waals surface area contributed by atoms with Crippen LogP contribution in [0, 0.1) is 17.7 Å². The van der Waals surface area contributed by atoms with E-state index in [1.165, 1.54) is 17.4 Å². The van der Waals surface area contributed by atoms with Crippen molar-refractivity contribution in [3.8, 4) is 11.3 Å². The van der Waals surface area contributed by atoms with Crippen LogP contribution in [0.4, 0.5) is 9.52 Å². The van der Waals surface area contributed by atoms with Gasteiger partial charge in [0.2, 0.25) is 5.91 Å². The van der Waals surface area contributed by atoms with E-state index in [9.17, 15) is 14.4 Å². The molecule has 2 amide bonds. The van der Waals surface area contributed by atoms with Gasteiger partial charge in [0.1, 0.15) is 24.5 Å². The molecule has 0 radical (unpaired) electrons. The summed E-state index contributed by atoms with van der Waals surface area (Å²) in [5.41, 5.74) is 2.06. The molecular formula is C31H40FN5O4S. The molecule has 0 aliphatic carbocycles. The zero-order valence-electron chi connectivity index (χ0n) is 24.9. The number of piperazine rings is 1. The first-order valence-corrected chi connectivity index (χ1v) is 15.5. The lowest BCUT2D eigenvalue weighted by Gasteiger charge is -2.32. The molecule has 2 aromatic rings. The second-order valence-electron chi connectivity index (χ2n) is 11.9. The van der Waals surface area contributed by atoms with Crippen molar-refractivity contribution in [1.29, 1.82) is 0 Å². The maximum Gasteiger partial charge on any atom is 0.252 e. The number of ether oxygens (including phenoxy) is 1. The number of allylic oxidation sites excluding steroid dienone is 1. The minimum atomic E-state index is -0.866. The Balaban J connectivity index is 1.31. The Bertz CT molecular complexity index is 1370. The van der Waals surface area contributed by atoms with Crippen LogP contribution in [0.15, 0.2) is 35.2 Å². The normalized spacial score (nSPS) is 24.0. The van der Waals surface area contributed by atoms with Gasteiger partial charge in [-0.25, -0.2) is 9.37 Å². The van der Waals surface area contributed by atoms with Gasteiger partial charge in [0.05, 0.1) is 11.8 Å². The van der Waals surface area contributed by atoms with Crippen LogP contribution in [0.2, 0.25) is 0 Å². The number of thiazole rings is 1. The van der Waals surface area contributed by atoms with Gasteiger partial charge in [0.15, 0.2) is 10.9 Å². The molecule has 5 rings (SSSR count). The van der Waals surface area contributed by atoms with Crippen molar-refractivity contribution in [2.24, 2.45) is 11.8 Å². The molecule has 0 bridgehead atoms. The van der Waals surface area contributed by atoms with Crippen molar-refractivity contribution in [3.63, 3.8) is 0 Å². The average molecular weight is 598 g/mol. The third-order valence-corrected chi connectivity index (χ3v) is 9.50. The second kappa shape index (κ2) is 12.6. The van der Waals surface area contributed by atoms with E-state index in [-0.39, 0.29) is 41.8 Å². The van der Waals surface area contributed by atoms with Crippen LogP contribution in [0.25, 0.3) is 11.3 Å². The van der Waals surface area contributed by atoms with E-state index in [0.29, 0.717) is 24.2 Å². The second-order valence-corrected chi connectivity index (χ2v) is 12.8. The highest BCUT2D eigenvalue weighted by Crippen LogP contribution is 2.34. The fourth-order valence-electron chi connectivity index (χ4n) is 5.98. The van der Waals surface area contributed by atoms with Crippen LogP contribution in [0.1, 0.15) is 44.5 Å². The summed E-state index contributed by atoms with van der Waals surface area (Å²) in [6.07, 6.45) is 2.29. The maximum atomic E-state index is 15.3. The van der Waals surface area contributed by atoms with E-state index in [1.807, 2.05) is 39.2 Å². The van der Waals surface area contributed by atoms with E-state index in [0.717, 1.165) is 36.9 Å². The number of hydrogen-bond donors (Lipinski definition) is 1. The molecular weight excluding hydrogens is 557 g/mol. The van der Waals surface area contributed by atoms with E-state index in [1.54, 1.807) is 17.0 Å². The van der Waals surface area contributed by atoms with Gasteiger partial charge >= 0.3 is 0 Å². The number of Topliss-reactive ketones (excluding diaryl/α,β-unsaturated/α-hetero) is 1. The number of halogens is 1. The molecule has 3 fully saturated rings. The molecule has 1 aromatic heterocycles. The highest BCUT2D eigenvalue weighted by Gasteiger charge is 2.52. The van der Waals surface area contributed by atoms with Crippen LogP contribution in [-0.2, 0) is 14.3 Å². The molecule has 11 heteroatoms. The first-order chi connectivity index (χ1) is 20.1. The van der Waals surface area contributed by atoms with Crippen molar-refractivity contribution in [2.45, 2.75) is 52.3 Å². The monoisotopic (exact) mass is 597 g/mol. The number of anilines is 1. The molecule has 1 N–H and O–H groups in total. The molecule has 1 aromatic carbocycles. The van der Waals surface area contributed by atoms with E-state index in [2.05, 4.69) is 27.1 Å². The van der Waals surface area contributed by atoms with Crippen LogP contribution >= 0.6 is 11.3 Å². The zero-order valence-corrected chi connectivity index (χ0v) is 25.7. The number of carbonyl (C=O) groups excluding carboxylic acids is 3. The van der Waals surface area contributed by atoms with E-state index < -0.39 is 23.8 Å². The lowest BCUT2D eigenvalue weighted by molar-refractivity contribution is -0.139. The highest BCUT2D eigenvalue weighted by molar-refractivity contribution is 7.14.